The molecule has 3 aromatic rings. The van der Waals surface area contributed by atoms with E-state index in [2.05, 4.69) is 11.2 Å². The molecule has 5 rings (SSSR count). The Balaban J connectivity index is 1.40. The number of nitrogens with zero attached hydrogens (tertiary/aromatic N) is 3. The number of hydrogen-bond acceptors (Lipinski definition) is 6. The summed E-state index contributed by atoms with van der Waals surface area (Å²) in [7, 11) is 0. The van der Waals surface area contributed by atoms with E-state index in [1.54, 1.807) is 23.1 Å². The molecule has 1 saturated heterocycles. The molecule has 2 aromatic carbocycles. The van der Waals surface area contributed by atoms with Crippen LogP contribution in [0.25, 0.3) is 11.3 Å². The Kier molecular flexibility index (Phi) is 4.17. The van der Waals surface area contributed by atoms with Crippen molar-refractivity contribution in [3.63, 3.8) is 0 Å². The summed E-state index contributed by atoms with van der Waals surface area (Å²) in [5.41, 5.74) is 2.59. The standard InChI is InChI=1S/C22H17N3O4/c23-12-14-3-1-4-15(9-14)18-5-2-8-25(18)22(26)17-11-20(29-24-17)16-6-7-19-21(10-16)28-13-27-19/h1,3-4,6-7,9-11,18H,2,5,8,13H2. The summed E-state index contributed by atoms with van der Waals surface area (Å²) in [6.07, 6.45) is 1.76. The van der Waals surface area contributed by atoms with Gasteiger partial charge in [0.2, 0.25) is 6.79 Å². The average Bonchev–Trinajstić information content (AvgIpc) is 3.52. The van der Waals surface area contributed by atoms with E-state index >= 15 is 0 Å². The van der Waals surface area contributed by atoms with Crippen LogP contribution in [0.2, 0.25) is 0 Å². The van der Waals surface area contributed by atoms with Gasteiger partial charge in [0, 0.05) is 18.2 Å². The number of benzene rings is 2. The van der Waals surface area contributed by atoms with Gasteiger partial charge in [-0.2, -0.15) is 5.26 Å². The lowest BCUT2D eigenvalue weighted by Gasteiger charge is -2.24. The van der Waals surface area contributed by atoms with Crippen molar-refractivity contribution in [3.8, 4) is 28.9 Å². The second kappa shape index (κ2) is 6.99. The number of rotatable bonds is 3. The van der Waals surface area contributed by atoms with Gasteiger partial charge in [-0.25, -0.2) is 0 Å². The van der Waals surface area contributed by atoms with Gasteiger partial charge in [-0.15, -0.1) is 0 Å². The number of ether oxygens (including phenoxy) is 2. The summed E-state index contributed by atoms with van der Waals surface area (Å²) in [5.74, 6) is 1.65. The van der Waals surface area contributed by atoms with Crippen molar-refractivity contribution in [2.24, 2.45) is 0 Å². The number of carbonyl (C=O) groups is 1. The number of hydrogen-bond donors (Lipinski definition) is 0. The van der Waals surface area contributed by atoms with Crippen molar-refractivity contribution in [3.05, 3.63) is 65.4 Å². The van der Waals surface area contributed by atoms with Crippen LogP contribution in [0.5, 0.6) is 11.5 Å². The molecule has 2 aliphatic heterocycles. The first kappa shape index (κ1) is 17.3. The highest BCUT2D eigenvalue weighted by atomic mass is 16.7. The van der Waals surface area contributed by atoms with Crippen LogP contribution in [0.1, 0.15) is 40.5 Å². The van der Waals surface area contributed by atoms with Crippen molar-refractivity contribution >= 4 is 5.91 Å². The van der Waals surface area contributed by atoms with Crippen LogP contribution in [0.3, 0.4) is 0 Å². The topological polar surface area (TPSA) is 88.6 Å². The molecule has 0 aliphatic carbocycles. The second-order valence-corrected chi connectivity index (χ2v) is 7.04. The largest absolute Gasteiger partial charge is 0.454 e. The van der Waals surface area contributed by atoms with Gasteiger partial charge in [0.1, 0.15) is 0 Å². The zero-order valence-corrected chi connectivity index (χ0v) is 15.5. The molecule has 1 unspecified atom stereocenters. The minimum Gasteiger partial charge on any atom is -0.454 e. The third kappa shape index (κ3) is 3.09. The van der Waals surface area contributed by atoms with Gasteiger partial charge >= 0.3 is 0 Å². The molecule has 1 atom stereocenters. The van der Waals surface area contributed by atoms with Crippen LogP contribution in [-0.2, 0) is 0 Å². The van der Waals surface area contributed by atoms with Gasteiger partial charge in [0.15, 0.2) is 23.0 Å². The SMILES string of the molecule is N#Cc1cccc(C2CCCN2C(=O)c2cc(-c3ccc4c(c3)OCO4)on2)c1. The lowest BCUT2D eigenvalue weighted by Crippen LogP contribution is -2.30. The molecule has 29 heavy (non-hydrogen) atoms. The summed E-state index contributed by atoms with van der Waals surface area (Å²) in [6, 6.07) is 16.6. The van der Waals surface area contributed by atoms with E-state index in [0.29, 0.717) is 29.4 Å². The summed E-state index contributed by atoms with van der Waals surface area (Å²) in [6.45, 7) is 0.842. The molecule has 1 amide bonds. The third-order valence-corrected chi connectivity index (χ3v) is 5.30. The van der Waals surface area contributed by atoms with E-state index in [-0.39, 0.29) is 24.4 Å². The number of carbonyl (C=O) groups excluding carboxylic acids is 1. The summed E-state index contributed by atoms with van der Waals surface area (Å²) >= 11 is 0. The van der Waals surface area contributed by atoms with Crippen molar-refractivity contribution in [2.45, 2.75) is 18.9 Å². The Morgan fingerprint density at radius 1 is 1.14 bits per heavy atom. The highest BCUT2D eigenvalue weighted by molar-refractivity contribution is 5.93. The summed E-state index contributed by atoms with van der Waals surface area (Å²) in [5, 5.41) is 13.2. The van der Waals surface area contributed by atoms with Crippen molar-refractivity contribution in [2.75, 3.05) is 13.3 Å². The predicted octanol–water partition coefficient (Wildman–Crippen LogP) is 3.92. The number of nitriles is 1. The van der Waals surface area contributed by atoms with Gasteiger partial charge in [-0.1, -0.05) is 17.3 Å². The molecular formula is C22H17N3O4. The third-order valence-electron chi connectivity index (χ3n) is 5.30. The summed E-state index contributed by atoms with van der Waals surface area (Å²) < 4.78 is 16.1. The first-order valence-electron chi connectivity index (χ1n) is 9.41. The van der Waals surface area contributed by atoms with E-state index in [1.807, 2.05) is 30.3 Å². The van der Waals surface area contributed by atoms with Gasteiger partial charge in [-0.05, 0) is 48.7 Å². The Labute approximate surface area is 167 Å². The van der Waals surface area contributed by atoms with Crippen molar-refractivity contribution in [1.29, 1.82) is 5.26 Å². The van der Waals surface area contributed by atoms with Crippen LogP contribution in [0.4, 0.5) is 0 Å². The molecule has 144 valence electrons. The normalized spacial score (nSPS) is 17.3. The zero-order valence-electron chi connectivity index (χ0n) is 15.5. The minimum atomic E-state index is -0.175. The summed E-state index contributed by atoms with van der Waals surface area (Å²) in [4.78, 5) is 14.9. The molecule has 0 spiro atoms. The van der Waals surface area contributed by atoms with Crippen LogP contribution < -0.4 is 9.47 Å². The molecule has 1 aromatic heterocycles. The maximum atomic E-state index is 13.1. The fourth-order valence-electron chi connectivity index (χ4n) is 3.88. The number of aromatic nitrogens is 1. The maximum Gasteiger partial charge on any atom is 0.276 e. The monoisotopic (exact) mass is 387 g/mol. The molecule has 0 radical (unpaired) electrons. The highest BCUT2D eigenvalue weighted by Crippen LogP contribution is 2.37. The molecule has 0 saturated carbocycles. The Hall–Kier alpha value is -3.79. The second-order valence-electron chi connectivity index (χ2n) is 7.04. The van der Waals surface area contributed by atoms with E-state index < -0.39 is 0 Å². The van der Waals surface area contributed by atoms with Gasteiger partial charge in [-0.3, -0.25) is 4.79 Å². The molecular weight excluding hydrogens is 370 g/mol. The van der Waals surface area contributed by atoms with Crippen molar-refractivity contribution < 1.29 is 18.8 Å². The van der Waals surface area contributed by atoms with Gasteiger partial charge in [0.05, 0.1) is 17.7 Å². The molecule has 1 fully saturated rings. The predicted molar refractivity (Wildman–Crippen MR) is 102 cm³/mol. The number of amides is 1. The van der Waals surface area contributed by atoms with E-state index in [9.17, 15) is 4.79 Å². The Morgan fingerprint density at radius 2 is 2.03 bits per heavy atom. The fourth-order valence-corrected chi connectivity index (χ4v) is 3.88. The first-order chi connectivity index (χ1) is 14.2. The van der Waals surface area contributed by atoms with Gasteiger partial charge < -0.3 is 18.9 Å². The molecule has 0 N–H and O–H groups in total. The van der Waals surface area contributed by atoms with Crippen molar-refractivity contribution in [1.82, 2.24) is 10.1 Å². The molecule has 0 bridgehead atoms. The van der Waals surface area contributed by atoms with Crippen LogP contribution in [-0.4, -0.2) is 29.3 Å². The van der Waals surface area contributed by atoms with E-state index in [0.717, 1.165) is 24.0 Å². The Bertz CT molecular complexity index is 1130. The van der Waals surface area contributed by atoms with Gasteiger partial charge in [0.25, 0.3) is 5.91 Å². The lowest BCUT2D eigenvalue weighted by atomic mass is 10.0. The Morgan fingerprint density at radius 3 is 2.93 bits per heavy atom. The number of fused-ring (bicyclic) bond motifs is 1. The first-order valence-corrected chi connectivity index (χ1v) is 9.41. The number of likely N-dealkylation sites (tertiary alicyclic amines) is 1. The highest BCUT2D eigenvalue weighted by Gasteiger charge is 2.32. The van der Waals surface area contributed by atoms with Crippen LogP contribution in [0, 0.1) is 11.3 Å². The van der Waals surface area contributed by atoms with E-state index in [4.69, 9.17) is 19.3 Å². The van der Waals surface area contributed by atoms with Crippen LogP contribution >= 0.6 is 0 Å². The minimum absolute atomic E-state index is 0.0681. The van der Waals surface area contributed by atoms with E-state index in [1.165, 1.54) is 0 Å². The molecule has 7 heteroatoms. The molecule has 2 aliphatic rings. The molecule has 7 nitrogen and oxygen atoms in total. The smallest absolute Gasteiger partial charge is 0.276 e. The quantitative estimate of drug-likeness (QED) is 0.677. The lowest BCUT2D eigenvalue weighted by molar-refractivity contribution is 0.0725. The molecule has 3 heterocycles. The maximum absolute atomic E-state index is 13.1. The van der Waals surface area contributed by atoms with Crippen LogP contribution in [0.15, 0.2) is 53.1 Å². The average molecular weight is 387 g/mol. The zero-order chi connectivity index (χ0) is 19.8. The fraction of sp³-hybridized carbons (Fsp3) is 0.227.